The van der Waals surface area contributed by atoms with Crippen molar-refractivity contribution in [2.24, 2.45) is 0 Å². The van der Waals surface area contributed by atoms with Gasteiger partial charge in [0.15, 0.2) is 0 Å². The van der Waals surface area contributed by atoms with Gasteiger partial charge in [-0.05, 0) is 71.3 Å². The monoisotopic (exact) mass is 669 g/mol. The van der Waals surface area contributed by atoms with Crippen LogP contribution in [0.15, 0.2) is 182 Å². The first-order valence-electron chi connectivity index (χ1n) is 25.1. The Morgan fingerprint density at radius 3 is 2.08 bits per heavy atom. The maximum absolute atomic E-state index is 9.73. The largest absolute Gasteiger partial charge is 0.311 e. The van der Waals surface area contributed by atoms with E-state index in [0.717, 1.165) is 11.0 Å². The minimum absolute atomic E-state index is 0.0530. The highest BCUT2D eigenvalue weighted by Gasteiger charge is 2.20. The van der Waals surface area contributed by atoms with Crippen molar-refractivity contribution in [1.29, 1.82) is 0 Å². The molecule has 4 heteroatoms. The smallest absolute Gasteiger partial charge is 0.0972 e. The molecule has 0 N–H and O–H groups in total. The van der Waals surface area contributed by atoms with Gasteiger partial charge in [0.25, 0.3) is 0 Å². The minimum Gasteiger partial charge on any atom is -0.311 e. The summed E-state index contributed by atoms with van der Waals surface area (Å²) in [5.74, 6) is 0. The zero-order valence-electron chi connectivity index (χ0n) is 45.1. The van der Waals surface area contributed by atoms with Crippen molar-refractivity contribution in [2.75, 3.05) is 4.90 Å². The third-order valence-electron chi connectivity index (χ3n) is 8.53. The summed E-state index contributed by atoms with van der Waals surface area (Å²) in [6, 6.07) is 5.62. The molecule has 0 amide bonds. The first-order valence-corrected chi connectivity index (χ1v) is 15.6. The van der Waals surface area contributed by atoms with Crippen LogP contribution >= 0.6 is 0 Å². The predicted octanol–water partition coefficient (Wildman–Crippen LogP) is 12.4. The van der Waals surface area contributed by atoms with Crippen molar-refractivity contribution in [3.05, 3.63) is 182 Å². The average molecular weight is 670 g/mol. The number of aromatic nitrogens is 3. The molecule has 0 atom stereocenters. The van der Waals surface area contributed by atoms with Gasteiger partial charge >= 0.3 is 0 Å². The van der Waals surface area contributed by atoms with Gasteiger partial charge < -0.3 is 4.90 Å². The van der Waals surface area contributed by atoms with E-state index in [1.807, 2.05) is 12.1 Å². The number of nitrogens with zero attached hydrogens (tertiary/aromatic N) is 4. The molecule has 7 aromatic carbocycles. The molecule has 0 radical (unpaired) electrons. The Labute approximate surface area is 321 Å². The summed E-state index contributed by atoms with van der Waals surface area (Å²) in [6.07, 6.45) is -0.590. The number of anilines is 3. The molecule has 0 aliphatic heterocycles. The Morgan fingerprint density at radius 2 is 1.22 bits per heavy atom. The van der Waals surface area contributed by atoms with Crippen LogP contribution in [0, 0.1) is 0 Å². The predicted molar refractivity (Wildman–Crippen MR) is 213 cm³/mol. The van der Waals surface area contributed by atoms with E-state index in [-0.39, 0.29) is 55.7 Å². The molecule has 10 aromatic rings. The average Bonchev–Trinajstić information content (AvgIpc) is 3.34. The van der Waals surface area contributed by atoms with Crippen LogP contribution in [-0.4, -0.2) is 15.0 Å². The fourth-order valence-electron chi connectivity index (χ4n) is 6.35. The maximum Gasteiger partial charge on any atom is 0.0972 e. The van der Waals surface area contributed by atoms with Gasteiger partial charge in [0.1, 0.15) is 0 Å². The Kier molecular flexibility index (Phi) is 3.68. The normalized spacial score (nSPS) is 16.7. The molecule has 10 rings (SSSR count). The molecule has 3 heterocycles. The number of rotatable bonds is 5. The summed E-state index contributed by atoms with van der Waals surface area (Å²) in [6.45, 7) is 0. The fraction of sp³-hybridized carbons (Fsp3) is 0. The second-order valence-electron chi connectivity index (χ2n) is 11.4. The summed E-state index contributed by atoms with van der Waals surface area (Å²) in [4.78, 5) is 14.9. The highest BCUT2D eigenvalue weighted by molar-refractivity contribution is 6.26. The Hall–Kier alpha value is -6.91. The Bertz CT molecular complexity index is 3960. The number of pyridine rings is 3. The Morgan fingerprint density at radius 1 is 0.490 bits per heavy atom. The summed E-state index contributed by atoms with van der Waals surface area (Å²) >= 11 is 0. The van der Waals surface area contributed by atoms with Crippen molar-refractivity contribution in [2.45, 2.75) is 0 Å². The number of fused-ring (bicyclic) bond motifs is 8. The molecule has 0 aliphatic carbocycles. The summed E-state index contributed by atoms with van der Waals surface area (Å²) in [5, 5.41) is 2.30. The van der Waals surface area contributed by atoms with Gasteiger partial charge in [0.05, 0.1) is 54.0 Å². The topological polar surface area (TPSA) is 41.9 Å². The van der Waals surface area contributed by atoms with Crippen LogP contribution in [0.1, 0.15) is 26.0 Å². The van der Waals surface area contributed by atoms with Crippen LogP contribution in [0.4, 0.5) is 17.1 Å². The SMILES string of the molecule is [2H]c1cc(N(c2c([2H])c([2H])c([2H])c([2H])c2[2H])c2c([2H])c([2H])c(-c3nc4ccccc4c4c3c(-c3cc([2H])c5c([2H])c([2H])c6c([2H])c([2H])c([2H])nc6c5n3)cc3ccccc34)c([2H])c2[2H])c([2H])c([2H])c1[2H]. The quantitative estimate of drug-likeness (QED) is 0.171. The molecule has 0 fully saturated rings. The zero-order valence-corrected chi connectivity index (χ0v) is 26.1. The molecule has 0 bridgehead atoms. The highest BCUT2D eigenvalue weighted by atomic mass is 15.1. The molecule has 238 valence electrons. The molecule has 0 aliphatic rings. The molecular formula is C47H30N4. The van der Waals surface area contributed by atoms with Crippen LogP contribution < -0.4 is 4.90 Å². The van der Waals surface area contributed by atoms with Crippen LogP contribution in [-0.2, 0) is 0 Å². The lowest BCUT2D eigenvalue weighted by Gasteiger charge is -2.25. The summed E-state index contributed by atoms with van der Waals surface area (Å²) in [5.41, 5.74) is -2.10. The molecular weight excluding hydrogens is 621 g/mol. The van der Waals surface area contributed by atoms with Crippen LogP contribution in [0.25, 0.3) is 76.8 Å². The van der Waals surface area contributed by atoms with Crippen molar-refractivity contribution < 1.29 is 26.0 Å². The van der Waals surface area contributed by atoms with Gasteiger partial charge in [-0.25, -0.2) is 9.97 Å². The van der Waals surface area contributed by atoms with E-state index in [4.69, 9.17) is 29.2 Å². The number of benzene rings is 7. The second kappa shape index (κ2) is 11.9. The van der Waals surface area contributed by atoms with E-state index in [2.05, 4.69) is 4.98 Å². The van der Waals surface area contributed by atoms with Crippen molar-refractivity contribution in [3.63, 3.8) is 0 Å². The van der Waals surface area contributed by atoms with Gasteiger partial charge in [-0.3, -0.25) is 4.98 Å². The number of hydrogen-bond acceptors (Lipinski definition) is 4. The summed E-state index contributed by atoms with van der Waals surface area (Å²) in [7, 11) is 0. The number of para-hydroxylation sites is 3. The lowest BCUT2D eigenvalue weighted by atomic mass is 9.90. The highest BCUT2D eigenvalue weighted by Crippen LogP contribution is 2.44. The van der Waals surface area contributed by atoms with Crippen molar-refractivity contribution >= 4 is 71.3 Å². The van der Waals surface area contributed by atoms with E-state index >= 15 is 0 Å². The van der Waals surface area contributed by atoms with E-state index in [1.165, 1.54) is 6.07 Å². The second-order valence-corrected chi connectivity index (χ2v) is 11.4. The Balaban J connectivity index is 1.36. The van der Waals surface area contributed by atoms with Gasteiger partial charge in [0.2, 0.25) is 0 Å². The fourth-order valence-corrected chi connectivity index (χ4v) is 6.35. The third kappa shape index (κ3) is 4.88. The third-order valence-corrected chi connectivity index (χ3v) is 8.53. The van der Waals surface area contributed by atoms with Crippen LogP contribution in [0.5, 0.6) is 0 Å². The van der Waals surface area contributed by atoms with Crippen LogP contribution in [0.2, 0.25) is 0 Å². The van der Waals surface area contributed by atoms with Crippen molar-refractivity contribution in [1.82, 2.24) is 15.0 Å². The number of hydrogen-bond donors (Lipinski definition) is 0. The summed E-state index contributed by atoms with van der Waals surface area (Å²) < 4.78 is 168. The van der Waals surface area contributed by atoms with E-state index < -0.39 is 126 Å². The lowest BCUT2D eigenvalue weighted by molar-refractivity contribution is 1.28. The first-order chi connectivity index (χ1) is 33.2. The van der Waals surface area contributed by atoms with E-state index in [9.17, 15) is 6.85 Å². The van der Waals surface area contributed by atoms with E-state index in [1.54, 1.807) is 42.5 Å². The first kappa shape index (κ1) is 15.8. The molecule has 4 nitrogen and oxygen atoms in total. The molecule has 0 saturated carbocycles. The lowest BCUT2D eigenvalue weighted by Crippen LogP contribution is -2.09. The van der Waals surface area contributed by atoms with E-state index in [0.29, 0.717) is 27.1 Å². The molecule has 51 heavy (non-hydrogen) atoms. The zero-order chi connectivity index (χ0) is 50.3. The van der Waals surface area contributed by atoms with Gasteiger partial charge in [0, 0.05) is 61.3 Å². The van der Waals surface area contributed by atoms with Crippen molar-refractivity contribution in [3.8, 4) is 22.5 Å². The van der Waals surface area contributed by atoms with Gasteiger partial charge in [-0.1, -0.05) is 115 Å². The van der Waals surface area contributed by atoms with Crippen LogP contribution in [0.3, 0.4) is 0 Å². The molecule has 0 saturated heterocycles. The standard InChI is InChI=1S/C47H30N4/c1-3-14-35(15-4-1)51(36-16-5-2-6-17-36)37-26-23-32(24-27-37)45-44-40(42-28-25-33-22-21-31-13-11-29-48-46(31)47(33)50-42)30-34-12-7-8-18-38(34)43(44)39-19-9-10-20-41(39)49-45/h1-30H/i1D,2D,3D,4D,5D,6D,11D,13D,14D,15D,16D,21D,22D,23D,24D,25D,26D,27D,29D. The van der Waals surface area contributed by atoms with Gasteiger partial charge in [-0.15, -0.1) is 0 Å². The maximum atomic E-state index is 9.73. The minimum atomic E-state index is -0.868. The molecule has 0 spiro atoms. The molecule has 0 unspecified atom stereocenters. The van der Waals surface area contributed by atoms with Gasteiger partial charge in [-0.2, -0.15) is 0 Å². The molecule has 3 aromatic heterocycles.